The van der Waals surface area contributed by atoms with Crippen LogP contribution in [0.1, 0.15) is 54.6 Å². The number of amides is 1. The van der Waals surface area contributed by atoms with Crippen molar-refractivity contribution in [2.24, 2.45) is 24.8 Å². The first-order valence-electron chi connectivity index (χ1n) is 9.38. The number of aryl methyl sites for hydroxylation is 1. The summed E-state index contributed by atoms with van der Waals surface area (Å²) in [5.41, 5.74) is 1.66. The Hall–Kier alpha value is -2.11. The second kappa shape index (κ2) is 5.19. The van der Waals surface area contributed by atoms with Gasteiger partial charge in [-0.3, -0.25) is 14.2 Å². The molecule has 1 amide bonds. The zero-order valence-corrected chi connectivity index (χ0v) is 14.9. The zero-order chi connectivity index (χ0) is 17.2. The highest BCUT2D eigenvalue weighted by Crippen LogP contribution is 2.58. The van der Waals surface area contributed by atoms with E-state index in [-0.39, 0.29) is 11.4 Å². The average molecular weight is 339 g/mol. The molecule has 2 aromatic heterocycles. The number of carbonyl (C=O) groups is 1. The Bertz CT molecular complexity index is 797. The Morgan fingerprint density at radius 3 is 2.40 bits per heavy atom. The van der Waals surface area contributed by atoms with Crippen LogP contribution in [0.5, 0.6) is 0 Å². The Morgan fingerprint density at radius 1 is 1.20 bits per heavy atom. The van der Waals surface area contributed by atoms with E-state index in [0.29, 0.717) is 11.4 Å². The van der Waals surface area contributed by atoms with E-state index in [1.807, 2.05) is 20.0 Å². The monoisotopic (exact) mass is 339 g/mol. The fraction of sp³-hybridized carbons (Fsp3) is 0.632. The molecule has 0 aliphatic heterocycles. The minimum atomic E-state index is -0.138. The van der Waals surface area contributed by atoms with Gasteiger partial charge < -0.3 is 5.32 Å². The minimum Gasteiger partial charge on any atom is -0.305 e. The van der Waals surface area contributed by atoms with Crippen molar-refractivity contribution >= 4 is 11.7 Å². The Balaban J connectivity index is 1.37. The first-order valence-corrected chi connectivity index (χ1v) is 9.38. The van der Waals surface area contributed by atoms with Crippen molar-refractivity contribution in [1.82, 2.24) is 19.6 Å². The molecule has 132 valence electrons. The van der Waals surface area contributed by atoms with Crippen LogP contribution in [0.4, 0.5) is 5.82 Å². The lowest BCUT2D eigenvalue weighted by Crippen LogP contribution is -2.52. The number of hydrogen-bond donors (Lipinski definition) is 1. The number of anilines is 1. The highest BCUT2D eigenvalue weighted by molar-refractivity contribution is 6.04. The molecule has 2 aromatic rings. The van der Waals surface area contributed by atoms with Crippen molar-refractivity contribution in [2.45, 2.75) is 51.0 Å². The molecule has 4 bridgehead atoms. The first kappa shape index (κ1) is 15.2. The molecule has 6 heteroatoms. The third-order valence-corrected chi connectivity index (χ3v) is 6.80. The van der Waals surface area contributed by atoms with E-state index in [1.54, 1.807) is 10.9 Å². The fourth-order valence-electron chi connectivity index (χ4n) is 5.91. The Kier molecular flexibility index (Phi) is 3.15. The predicted molar refractivity (Wildman–Crippen MR) is 94.3 cm³/mol. The standard InChI is InChI=1S/C19H25N5O/c1-12-16(11-20-23(12)2)18(25)21-17-3-4-24(22-17)19-8-13-5-14(9-19)7-15(6-13)10-19/h3-4,11,13-15H,5-10H2,1-2H3,(H,21,22,25). The molecule has 0 spiro atoms. The van der Waals surface area contributed by atoms with Gasteiger partial charge in [-0.2, -0.15) is 10.2 Å². The van der Waals surface area contributed by atoms with Crippen LogP contribution in [-0.2, 0) is 12.6 Å². The third-order valence-electron chi connectivity index (χ3n) is 6.80. The lowest BCUT2D eigenvalue weighted by Gasteiger charge is -2.56. The lowest BCUT2D eigenvalue weighted by molar-refractivity contribution is -0.0492. The minimum absolute atomic E-state index is 0.138. The van der Waals surface area contributed by atoms with Gasteiger partial charge in [0.15, 0.2) is 5.82 Å². The van der Waals surface area contributed by atoms with Gasteiger partial charge in [-0.05, 0) is 63.2 Å². The molecule has 4 aliphatic carbocycles. The number of rotatable bonds is 3. The van der Waals surface area contributed by atoms with Gasteiger partial charge in [-0.15, -0.1) is 0 Å². The van der Waals surface area contributed by atoms with Gasteiger partial charge in [-0.25, -0.2) is 0 Å². The molecule has 0 radical (unpaired) electrons. The summed E-state index contributed by atoms with van der Waals surface area (Å²) < 4.78 is 3.88. The number of nitrogens with one attached hydrogen (secondary N) is 1. The highest BCUT2D eigenvalue weighted by atomic mass is 16.1. The van der Waals surface area contributed by atoms with Gasteiger partial charge in [-0.1, -0.05) is 0 Å². The first-order chi connectivity index (χ1) is 12.0. The average Bonchev–Trinajstić information content (AvgIpc) is 3.14. The molecule has 0 saturated heterocycles. The molecular formula is C19H25N5O. The lowest BCUT2D eigenvalue weighted by atomic mass is 9.53. The number of nitrogens with zero attached hydrogens (tertiary/aromatic N) is 4. The van der Waals surface area contributed by atoms with Gasteiger partial charge in [0.2, 0.25) is 0 Å². The van der Waals surface area contributed by atoms with E-state index in [1.165, 1.54) is 38.5 Å². The maximum Gasteiger partial charge on any atom is 0.260 e. The largest absolute Gasteiger partial charge is 0.305 e. The van der Waals surface area contributed by atoms with E-state index < -0.39 is 0 Å². The van der Waals surface area contributed by atoms with Crippen LogP contribution in [0.2, 0.25) is 0 Å². The summed E-state index contributed by atoms with van der Waals surface area (Å²) >= 11 is 0. The van der Waals surface area contributed by atoms with Crippen LogP contribution in [0, 0.1) is 24.7 Å². The molecule has 6 rings (SSSR count). The van der Waals surface area contributed by atoms with E-state index in [9.17, 15) is 4.79 Å². The van der Waals surface area contributed by atoms with Crippen LogP contribution in [0.3, 0.4) is 0 Å². The van der Waals surface area contributed by atoms with E-state index in [0.717, 1.165) is 23.4 Å². The smallest absolute Gasteiger partial charge is 0.260 e. The highest BCUT2D eigenvalue weighted by Gasteiger charge is 2.52. The van der Waals surface area contributed by atoms with Crippen molar-refractivity contribution in [1.29, 1.82) is 0 Å². The van der Waals surface area contributed by atoms with E-state index in [2.05, 4.69) is 21.3 Å². The Morgan fingerprint density at radius 2 is 1.84 bits per heavy atom. The zero-order valence-electron chi connectivity index (χ0n) is 14.9. The van der Waals surface area contributed by atoms with Crippen molar-refractivity contribution in [3.8, 4) is 0 Å². The van der Waals surface area contributed by atoms with Gasteiger partial charge in [0.05, 0.1) is 17.3 Å². The van der Waals surface area contributed by atoms with Crippen LogP contribution < -0.4 is 5.32 Å². The topological polar surface area (TPSA) is 64.7 Å². The van der Waals surface area contributed by atoms with Gasteiger partial charge in [0, 0.05) is 25.0 Å². The molecule has 4 fully saturated rings. The van der Waals surface area contributed by atoms with Crippen LogP contribution in [0.15, 0.2) is 18.5 Å². The summed E-state index contributed by atoms with van der Waals surface area (Å²) in [5, 5.41) is 11.8. The van der Waals surface area contributed by atoms with E-state index in [4.69, 9.17) is 5.10 Å². The SMILES string of the molecule is Cc1c(C(=O)Nc2ccn(C34CC5CC(CC(C5)C3)C4)n2)cnn1C. The molecular weight excluding hydrogens is 314 g/mol. The van der Waals surface area contributed by atoms with Crippen LogP contribution in [0.25, 0.3) is 0 Å². The van der Waals surface area contributed by atoms with Crippen LogP contribution in [-0.4, -0.2) is 25.5 Å². The Labute approximate surface area is 147 Å². The van der Waals surface area contributed by atoms with Crippen molar-refractivity contribution < 1.29 is 4.79 Å². The van der Waals surface area contributed by atoms with Crippen molar-refractivity contribution in [3.05, 3.63) is 29.7 Å². The molecule has 1 N–H and O–H groups in total. The molecule has 0 unspecified atom stereocenters. The number of aromatic nitrogens is 4. The summed E-state index contributed by atoms with van der Waals surface area (Å²) in [4.78, 5) is 12.5. The summed E-state index contributed by atoms with van der Waals surface area (Å²) in [7, 11) is 1.84. The van der Waals surface area contributed by atoms with E-state index >= 15 is 0 Å². The maximum absolute atomic E-state index is 12.5. The molecule has 6 nitrogen and oxygen atoms in total. The predicted octanol–water partition coefficient (Wildman–Crippen LogP) is 3.10. The van der Waals surface area contributed by atoms with Crippen LogP contribution >= 0.6 is 0 Å². The van der Waals surface area contributed by atoms with Crippen molar-refractivity contribution in [2.75, 3.05) is 5.32 Å². The normalized spacial score (nSPS) is 33.0. The molecule has 4 aliphatic rings. The molecule has 0 aromatic carbocycles. The second-order valence-corrected chi connectivity index (χ2v) is 8.51. The second-order valence-electron chi connectivity index (χ2n) is 8.51. The van der Waals surface area contributed by atoms with Gasteiger partial charge in [0.25, 0.3) is 5.91 Å². The summed E-state index contributed by atoms with van der Waals surface area (Å²) in [6.45, 7) is 1.90. The molecule has 25 heavy (non-hydrogen) atoms. The van der Waals surface area contributed by atoms with Gasteiger partial charge >= 0.3 is 0 Å². The number of hydrogen-bond acceptors (Lipinski definition) is 3. The number of carbonyl (C=O) groups excluding carboxylic acids is 1. The summed E-state index contributed by atoms with van der Waals surface area (Å²) in [6.07, 6.45) is 11.7. The third kappa shape index (κ3) is 2.34. The molecule has 4 saturated carbocycles. The van der Waals surface area contributed by atoms with Gasteiger partial charge in [0.1, 0.15) is 0 Å². The molecule has 0 atom stereocenters. The summed E-state index contributed by atoms with van der Waals surface area (Å²) in [6, 6.07) is 1.93. The fourth-order valence-corrected chi connectivity index (χ4v) is 5.91. The van der Waals surface area contributed by atoms with Crippen molar-refractivity contribution in [3.63, 3.8) is 0 Å². The quantitative estimate of drug-likeness (QED) is 0.934. The maximum atomic E-state index is 12.5. The molecule has 2 heterocycles. The summed E-state index contributed by atoms with van der Waals surface area (Å²) in [5.74, 6) is 3.15.